The van der Waals surface area contributed by atoms with Crippen LogP contribution in [0.15, 0.2) is 0 Å². The van der Waals surface area contributed by atoms with Gasteiger partial charge in [0.2, 0.25) is 0 Å². The minimum Gasteiger partial charge on any atom is -0.462 e. The molecule has 0 aromatic rings. The first-order valence-electron chi connectivity index (χ1n) is 25.9. The summed E-state index contributed by atoms with van der Waals surface area (Å²) in [5.41, 5.74) is 0. The predicted molar refractivity (Wildman–Crippen MR) is 247 cm³/mol. The van der Waals surface area contributed by atoms with Gasteiger partial charge in [-0.2, -0.15) is 0 Å². The zero-order valence-corrected chi connectivity index (χ0v) is 39.5. The minimum atomic E-state index is -0.759. The van der Waals surface area contributed by atoms with Crippen molar-refractivity contribution in [1.29, 1.82) is 0 Å². The van der Waals surface area contributed by atoms with E-state index in [1.807, 2.05) is 0 Å². The number of ether oxygens (including phenoxy) is 3. The quantitative estimate of drug-likeness (QED) is 0.0346. The van der Waals surface area contributed by atoms with E-state index < -0.39 is 6.10 Å². The fraction of sp³-hybridized carbons (Fsp3) is 0.942. The van der Waals surface area contributed by atoms with E-state index in [0.717, 1.165) is 63.7 Å². The van der Waals surface area contributed by atoms with Crippen molar-refractivity contribution in [2.75, 3.05) is 13.2 Å². The van der Waals surface area contributed by atoms with Crippen LogP contribution in [0.3, 0.4) is 0 Å². The maximum Gasteiger partial charge on any atom is 0.306 e. The molecule has 0 aliphatic rings. The van der Waals surface area contributed by atoms with E-state index in [-0.39, 0.29) is 31.1 Å². The summed E-state index contributed by atoms with van der Waals surface area (Å²) in [6.07, 6.45) is 48.0. The second-order valence-electron chi connectivity index (χ2n) is 18.3. The Labute approximate surface area is 361 Å². The molecule has 0 aliphatic heterocycles. The van der Waals surface area contributed by atoms with Crippen molar-refractivity contribution < 1.29 is 28.6 Å². The summed E-state index contributed by atoms with van der Waals surface area (Å²) in [4.78, 5) is 37.9. The van der Waals surface area contributed by atoms with E-state index in [9.17, 15) is 14.4 Å². The number of carbonyl (C=O) groups is 3. The van der Waals surface area contributed by atoms with Gasteiger partial charge in [-0.3, -0.25) is 14.4 Å². The van der Waals surface area contributed by atoms with Gasteiger partial charge >= 0.3 is 17.9 Å². The van der Waals surface area contributed by atoms with Gasteiger partial charge in [-0.05, 0) is 25.2 Å². The SMILES string of the molecule is CCCCCCCCCCCCCCC(=O)OC[C@@H](COC(=O)CCCCCCCCCCCCCCCCCC(C)C)OC(=O)CCCCCCCCCCCC. The normalized spacial score (nSPS) is 11.9. The van der Waals surface area contributed by atoms with E-state index in [2.05, 4.69) is 27.7 Å². The molecule has 0 aromatic heterocycles. The van der Waals surface area contributed by atoms with Crippen molar-refractivity contribution in [3.8, 4) is 0 Å². The van der Waals surface area contributed by atoms with Crippen molar-refractivity contribution in [3.05, 3.63) is 0 Å². The lowest BCUT2D eigenvalue weighted by molar-refractivity contribution is -0.167. The number of unbranched alkanes of at least 4 members (excludes halogenated alkanes) is 34. The lowest BCUT2D eigenvalue weighted by Gasteiger charge is -2.18. The summed E-state index contributed by atoms with van der Waals surface area (Å²) < 4.78 is 16.8. The fourth-order valence-electron chi connectivity index (χ4n) is 7.86. The molecule has 344 valence electrons. The monoisotopic (exact) mass is 821 g/mol. The van der Waals surface area contributed by atoms with Crippen molar-refractivity contribution >= 4 is 17.9 Å². The third-order valence-corrected chi connectivity index (χ3v) is 11.8. The van der Waals surface area contributed by atoms with Gasteiger partial charge in [0.1, 0.15) is 13.2 Å². The first-order valence-corrected chi connectivity index (χ1v) is 25.9. The van der Waals surface area contributed by atoms with Gasteiger partial charge in [0.05, 0.1) is 0 Å². The Morgan fingerprint density at radius 1 is 0.328 bits per heavy atom. The van der Waals surface area contributed by atoms with Crippen molar-refractivity contribution in [2.24, 2.45) is 5.92 Å². The number of rotatable bonds is 47. The summed E-state index contributed by atoms with van der Waals surface area (Å²) in [7, 11) is 0. The molecule has 0 saturated carbocycles. The Hall–Kier alpha value is -1.59. The van der Waals surface area contributed by atoms with Crippen LogP contribution >= 0.6 is 0 Å². The van der Waals surface area contributed by atoms with Crippen LogP contribution in [-0.2, 0) is 28.6 Å². The molecule has 0 rings (SSSR count). The van der Waals surface area contributed by atoms with E-state index in [1.54, 1.807) is 0 Å². The Bertz CT molecular complexity index is 872. The van der Waals surface area contributed by atoms with Gasteiger partial charge in [-0.1, -0.05) is 252 Å². The van der Waals surface area contributed by atoms with Gasteiger partial charge in [0.25, 0.3) is 0 Å². The molecule has 0 amide bonds. The summed E-state index contributed by atoms with van der Waals surface area (Å²) in [6.45, 7) is 9.03. The van der Waals surface area contributed by atoms with Gasteiger partial charge in [-0.25, -0.2) is 0 Å². The first kappa shape index (κ1) is 56.4. The van der Waals surface area contributed by atoms with E-state index >= 15 is 0 Å². The van der Waals surface area contributed by atoms with Crippen LogP contribution in [0.5, 0.6) is 0 Å². The van der Waals surface area contributed by atoms with Crippen LogP contribution in [0.1, 0.15) is 291 Å². The summed E-state index contributed by atoms with van der Waals surface area (Å²) in [6, 6.07) is 0. The van der Waals surface area contributed by atoms with Crippen LogP contribution in [0, 0.1) is 5.92 Å². The summed E-state index contributed by atoms with van der Waals surface area (Å²) in [5, 5.41) is 0. The van der Waals surface area contributed by atoms with Crippen molar-refractivity contribution in [2.45, 2.75) is 297 Å². The molecular weight excluding hydrogens is 721 g/mol. The predicted octanol–water partition coefficient (Wildman–Crippen LogP) is 16.7. The molecule has 0 aliphatic carbocycles. The van der Waals surface area contributed by atoms with E-state index in [4.69, 9.17) is 14.2 Å². The number of carbonyl (C=O) groups excluding carboxylic acids is 3. The van der Waals surface area contributed by atoms with Crippen LogP contribution in [0.4, 0.5) is 0 Å². The molecule has 0 heterocycles. The molecule has 6 heteroatoms. The standard InChI is InChI=1S/C52H100O6/c1-5-7-9-11-13-15-17-24-28-31-35-39-43-50(53)56-46-49(58-52(55)45-41-37-33-27-16-14-12-10-8-6-2)47-57-51(54)44-40-36-32-29-25-22-20-18-19-21-23-26-30-34-38-42-48(3)4/h48-49H,5-47H2,1-4H3/t49-/m0/s1. The lowest BCUT2D eigenvalue weighted by atomic mass is 10.0. The molecule has 0 aromatic carbocycles. The van der Waals surface area contributed by atoms with Crippen molar-refractivity contribution in [1.82, 2.24) is 0 Å². The molecule has 1 atom stereocenters. The van der Waals surface area contributed by atoms with Gasteiger partial charge in [0.15, 0.2) is 6.10 Å². The van der Waals surface area contributed by atoms with Crippen LogP contribution < -0.4 is 0 Å². The van der Waals surface area contributed by atoms with Crippen LogP contribution in [0.25, 0.3) is 0 Å². The average Bonchev–Trinajstić information content (AvgIpc) is 3.21. The van der Waals surface area contributed by atoms with E-state index in [0.29, 0.717) is 19.3 Å². The molecule has 0 saturated heterocycles. The van der Waals surface area contributed by atoms with Crippen LogP contribution in [-0.4, -0.2) is 37.2 Å². The highest BCUT2D eigenvalue weighted by molar-refractivity contribution is 5.71. The molecule has 58 heavy (non-hydrogen) atoms. The molecule has 0 fully saturated rings. The van der Waals surface area contributed by atoms with Crippen molar-refractivity contribution in [3.63, 3.8) is 0 Å². The maximum absolute atomic E-state index is 12.7. The fourth-order valence-corrected chi connectivity index (χ4v) is 7.86. The Morgan fingerprint density at radius 3 is 0.845 bits per heavy atom. The number of hydrogen-bond donors (Lipinski definition) is 0. The molecule has 0 spiro atoms. The first-order chi connectivity index (χ1) is 28.4. The topological polar surface area (TPSA) is 78.9 Å². The molecule has 0 N–H and O–H groups in total. The Kier molecular flexibility index (Phi) is 45.2. The average molecular weight is 821 g/mol. The Balaban J connectivity index is 4.23. The molecule has 6 nitrogen and oxygen atoms in total. The van der Waals surface area contributed by atoms with Gasteiger partial charge in [0, 0.05) is 19.3 Å². The van der Waals surface area contributed by atoms with Crippen LogP contribution in [0.2, 0.25) is 0 Å². The number of esters is 3. The maximum atomic E-state index is 12.7. The lowest BCUT2D eigenvalue weighted by Crippen LogP contribution is -2.30. The third kappa shape index (κ3) is 45.5. The Morgan fingerprint density at radius 2 is 0.569 bits per heavy atom. The third-order valence-electron chi connectivity index (χ3n) is 11.8. The molecule has 0 bridgehead atoms. The summed E-state index contributed by atoms with van der Waals surface area (Å²) >= 11 is 0. The zero-order valence-electron chi connectivity index (χ0n) is 39.5. The zero-order chi connectivity index (χ0) is 42.4. The summed E-state index contributed by atoms with van der Waals surface area (Å²) in [5.74, 6) is 0.00331. The number of hydrogen-bond acceptors (Lipinski definition) is 6. The molecule has 0 radical (unpaired) electrons. The highest BCUT2D eigenvalue weighted by Crippen LogP contribution is 2.17. The van der Waals surface area contributed by atoms with Gasteiger partial charge in [-0.15, -0.1) is 0 Å². The smallest absolute Gasteiger partial charge is 0.306 e. The second-order valence-corrected chi connectivity index (χ2v) is 18.3. The minimum absolute atomic E-state index is 0.0627. The highest BCUT2D eigenvalue weighted by atomic mass is 16.6. The highest BCUT2D eigenvalue weighted by Gasteiger charge is 2.19. The molecular formula is C52H100O6. The van der Waals surface area contributed by atoms with Gasteiger partial charge < -0.3 is 14.2 Å². The largest absolute Gasteiger partial charge is 0.462 e. The van der Waals surface area contributed by atoms with E-state index in [1.165, 1.54) is 186 Å². The second kappa shape index (κ2) is 46.5. The molecule has 0 unspecified atom stereocenters.